The van der Waals surface area contributed by atoms with Gasteiger partial charge in [0.15, 0.2) is 0 Å². The van der Waals surface area contributed by atoms with Crippen LogP contribution in [-0.4, -0.2) is 0 Å². The number of furan rings is 1. The number of para-hydroxylation sites is 7. The van der Waals surface area contributed by atoms with Crippen molar-refractivity contribution < 1.29 is 4.42 Å². The summed E-state index contributed by atoms with van der Waals surface area (Å²) in [5, 5.41) is 17.5. The lowest BCUT2D eigenvalue weighted by atomic mass is 9.74. The van der Waals surface area contributed by atoms with E-state index >= 15 is 0 Å². The lowest BCUT2D eigenvalue weighted by Gasteiger charge is -2.37. The van der Waals surface area contributed by atoms with E-state index in [1.807, 2.05) is 53.1 Å². The van der Waals surface area contributed by atoms with Gasteiger partial charge in [-0.1, -0.05) is 260 Å². The number of benzene rings is 18. The SMILES string of the molecule is CCC1(CC)c2ccccc2-c2cc3c(cc21)N(c1ccc2c4cccc5c(N6c7ccccc7Sc7ccccc76)ccc(c6cccc1c62)c54)c1ccccc1S3.Cc1ccc2c(N3c4ccccc4Sc4cc5c(cc43)oc3ccccc35)c3cc(C)ccc3c(N3c4ccccc4Sc4ccccc43)c2c1. The molecule has 0 fully saturated rings. The van der Waals surface area contributed by atoms with Gasteiger partial charge in [-0.2, -0.15) is 0 Å². The van der Waals surface area contributed by atoms with Crippen LogP contribution in [0.3, 0.4) is 0 Å². The summed E-state index contributed by atoms with van der Waals surface area (Å²) in [6.45, 7) is 9.15. The van der Waals surface area contributed by atoms with Gasteiger partial charge in [-0.3, -0.25) is 0 Å². The van der Waals surface area contributed by atoms with Gasteiger partial charge in [-0.25, -0.2) is 0 Å². The van der Waals surface area contributed by atoms with Crippen molar-refractivity contribution in [3.8, 4) is 11.1 Å². The molecule has 0 spiro atoms. The highest BCUT2D eigenvalue weighted by Gasteiger charge is 2.43. The smallest absolute Gasteiger partial charge is 0.137 e. The Balaban J connectivity index is 0.000000133. The Morgan fingerprint density at radius 1 is 0.245 bits per heavy atom. The van der Waals surface area contributed by atoms with Gasteiger partial charge in [0, 0.05) is 93.7 Å². The van der Waals surface area contributed by atoms with E-state index in [4.69, 9.17) is 4.42 Å². The molecule has 5 nitrogen and oxygen atoms in total. The molecule has 0 saturated carbocycles. The summed E-state index contributed by atoms with van der Waals surface area (Å²) in [6.07, 6.45) is 2.14. The summed E-state index contributed by atoms with van der Waals surface area (Å²) in [7, 11) is 0. The van der Waals surface area contributed by atoms with Gasteiger partial charge < -0.3 is 24.0 Å². The first kappa shape index (κ1) is 64.2. The second-order valence-electron chi connectivity index (χ2n) is 29.7. The molecule has 522 valence electrons. The van der Waals surface area contributed by atoms with Crippen LogP contribution in [0.15, 0.2) is 359 Å². The molecule has 0 unspecified atom stereocenters. The molecule has 0 bridgehead atoms. The quantitative estimate of drug-likeness (QED) is 0.119. The van der Waals surface area contributed by atoms with Crippen molar-refractivity contribution in [3.63, 3.8) is 0 Å². The number of nitrogens with zero attached hydrogens (tertiary/aromatic N) is 4. The largest absolute Gasteiger partial charge is 0.456 e. The third-order valence-electron chi connectivity index (χ3n) is 23.9. The highest BCUT2D eigenvalue weighted by atomic mass is 32.2. The summed E-state index contributed by atoms with van der Waals surface area (Å²) in [4.78, 5) is 20.2. The molecular weight excluding hydrogens is 1410 g/mol. The van der Waals surface area contributed by atoms with E-state index in [9.17, 15) is 0 Å². The van der Waals surface area contributed by atoms with E-state index in [-0.39, 0.29) is 5.41 Å². The molecule has 19 aromatic rings. The van der Waals surface area contributed by atoms with Gasteiger partial charge in [-0.05, 0) is 203 Å². The molecule has 9 heteroatoms. The average molecular weight is 1480 g/mol. The van der Waals surface area contributed by atoms with Crippen molar-refractivity contribution in [2.24, 2.45) is 0 Å². The monoisotopic (exact) mass is 1480 g/mol. The standard InChI is InChI=1S/C55H38N2S2.C46H30N2OS2/c1-3-55(4-2)41-20-6-5-15-33(41)40-31-52-48(32-42(40)55)57(47-23-9-12-26-51(47)59-52)44-30-28-37-34-16-13-18-38-43(29-27-36(53(34)38)35-17-14-19-39(44)54(35)37)56-45-21-7-10-24-49(45)58-50-25-11-8-22-46(50)56;1-27-20-22-31-33(23-27)45(47-35-12-4-8-16-41(35)50-42-17-9-5-13-36(42)47)30-21-19-28(2)24-34(30)46(31)48-37-14-6-10-18-43(37)51-44-25-32-29-11-3-7-15-39(29)49-40(32)26-38(44)48/h5-32H,3-4H2,1-2H3;3-26H,1-2H3. The third-order valence-corrected chi connectivity index (χ3v) is 28.4. The first-order chi connectivity index (χ1) is 54.3. The zero-order valence-electron chi connectivity index (χ0n) is 60.8. The third kappa shape index (κ3) is 9.29. The van der Waals surface area contributed by atoms with Crippen LogP contribution in [0.25, 0.3) is 97.7 Å². The first-order valence-electron chi connectivity index (χ1n) is 38.1. The molecule has 4 aliphatic heterocycles. The van der Waals surface area contributed by atoms with E-state index in [0.29, 0.717) is 0 Å². The molecule has 0 saturated heterocycles. The maximum Gasteiger partial charge on any atom is 0.137 e. The molecule has 5 aliphatic rings. The second kappa shape index (κ2) is 24.6. The van der Waals surface area contributed by atoms with Crippen molar-refractivity contribution >= 4 is 202 Å². The normalized spacial score (nSPS) is 14.1. The number of hydrogen-bond donors (Lipinski definition) is 0. The molecule has 5 heterocycles. The minimum absolute atomic E-state index is 0.00732. The molecule has 24 rings (SSSR count). The van der Waals surface area contributed by atoms with Gasteiger partial charge >= 0.3 is 0 Å². The minimum Gasteiger partial charge on any atom is -0.456 e. The highest BCUT2D eigenvalue weighted by molar-refractivity contribution is 8.00. The second-order valence-corrected chi connectivity index (χ2v) is 34.0. The Labute approximate surface area is 654 Å². The van der Waals surface area contributed by atoms with Crippen molar-refractivity contribution in [1.29, 1.82) is 0 Å². The molecule has 1 aliphatic carbocycles. The average Bonchev–Trinajstić information content (AvgIpc) is 0.968. The zero-order chi connectivity index (χ0) is 72.8. The number of hydrogen-bond acceptors (Lipinski definition) is 9. The Hall–Kier alpha value is -11.8. The Kier molecular flexibility index (Phi) is 14.4. The number of fused-ring (bicyclic) bond motifs is 18. The number of aryl methyl sites for hydroxylation is 2. The summed E-state index contributed by atoms with van der Waals surface area (Å²) >= 11 is 7.46. The molecule has 0 atom stereocenters. The number of rotatable bonds is 6. The predicted molar refractivity (Wildman–Crippen MR) is 468 cm³/mol. The van der Waals surface area contributed by atoms with Crippen LogP contribution >= 0.6 is 47.0 Å². The maximum atomic E-state index is 6.52. The van der Waals surface area contributed by atoms with E-state index in [0.717, 1.165) is 40.5 Å². The minimum atomic E-state index is -0.00732. The molecular formula is C101H68N4OS4. The van der Waals surface area contributed by atoms with Crippen LogP contribution in [0.5, 0.6) is 0 Å². The Morgan fingerprint density at radius 3 is 1.14 bits per heavy atom. The van der Waals surface area contributed by atoms with E-state index in [1.165, 1.54) is 200 Å². The fourth-order valence-electron chi connectivity index (χ4n) is 19.1. The lowest BCUT2D eigenvalue weighted by Crippen LogP contribution is -2.24. The van der Waals surface area contributed by atoms with Gasteiger partial charge in [0.1, 0.15) is 11.2 Å². The van der Waals surface area contributed by atoms with Crippen LogP contribution in [0.4, 0.5) is 68.2 Å². The van der Waals surface area contributed by atoms with Crippen LogP contribution < -0.4 is 19.6 Å². The summed E-state index contributed by atoms with van der Waals surface area (Å²) in [5.41, 5.74) is 24.5. The van der Waals surface area contributed by atoms with E-state index < -0.39 is 0 Å². The summed E-state index contributed by atoms with van der Waals surface area (Å²) in [6, 6.07) is 118. The molecule has 18 aromatic carbocycles. The van der Waals surface area contributed by atoms with Crippen LogP contribution in [-0.2, 0) is 5.41 Å². The van der Waals surface area contributed by atoms with Crippen molar-refractivity contribution in [1.82, 2.24) is 0 Å². The topological polar surface area (TPSA) is 26.1 Å². The lowest BCUT2D eigenvalue weighted by molar-refractivity contribution is 0.490. The van der Waals surface area contributed by atoms with E-state index in [2.05, 4.69) is 357 Å². The fraction of sp³-hybridized carbons (Fsp3) is 0.0693. The molecule has 0 amide bonds. The number of anilines is 12. The van der Waals surface area contributed by atoms with Gasteiger partial charge in [-0.15, -0.1) is 0 Å². The van der Waals surface area contributed by atoms with Crippen molar-refractivity contribution in [3.05, 3.63) is 338 Å². The summed E-state index contributed by atoms with van der Waals surface area (Å²) < 4.78 is 6.52. The molecule has 1 aromatic heterocycles. The summed E-state index contributed by atoms with van der Waals surface area (Å²) in [5.74, 6) is 0. The van der Waals surface area contributed by atoms with Crippen LogP contribution in [0.2, 0.25) is 0 Å². The van der Waals surface area contributed by atoms with Gasteiger partial charge in [0.2, 0.25) is 0 Å². The Morgan fingerprint density at radius 2 is 0.627 bits per heavy atom. The molecule has 110 heavy (non-hydrogen) atoms. The van der Waals surface area contributed by atoms with Crippen LogP contribution in [0.1, 0.15) is 48.9 Å². The maximum absolute atomic E-state index is 6.52. The van der Waals surface area contributed by atoms with Gasteiger partial charge in [0.05, 0.1) is 68.2 Å². The molecule has 0 radical (unpaired) electrons. The fourth-order valence-corrected chi connectivity index (χ4v) is 23.3. The van der Waals surface area contributed by atoms with Crippen molar-refractivity contribution in [2.75, 3.05) is 19.6 Å². The van der Waals surface area contributed by atoms with Gasteiger partial charge in [0.25, 0.3) is 0 Å². The van der Waals surface area contributed by atoms with Crippen LogP contribution in [0, 0.1) is 13.8 Å². The Bertz CT molecular complexity index is 7060. The highest BCUT2D eigenvalue weighted by Crippen LogP contribution is 2.64. The predicted octanol–water partition coefficient (Wildman–Crippen LogP) is 31.1. The van der Waals surface area contributed by atoms with Crippen molar-refractivity contribution in [2.45, 2.75) is 85.1 Å². The molecule has 0 N–H and O–H groups in total. The zero-order valence-corrected chi connectivity index (χ0v) is 64.0. The first-order valence-corrected chi connectivity index (χ1v) is 41.3. The van der Waals surface area contributed by atoms with E-state index in [1.54, 1.807) is 0 Å².